The van der Waals surface area contributed by atoms with Crippen molar-refractivity contribution in [1.29, 1.82) is 0 Å². The molecule has 0 fully saturated rings. The van der Waals surface area contributed by atoms with Gasteiger partial charge < -0.3 is 9.30 Å². The summed E-state index contributed by atoms with van der Waals surface area (Å²) in [7, 11) is 1.80. The predicted octanol–water partition coefficient (Wildman–Crippen LogP) is 6.23. The van der Waals surface area contributed by atoms with Gasteiger partial charge in [0.05, 0.1) is 5.56 Å². The molecule has 3 rings (SSSR count). The fourth-order valence-corrected chi connectivity index (χ4v) is 3.87. The highest BCUT2D eigenvalue weighted by atomic mass is 35.5. The molecule has 0 aliphatic heterocycles. The van der Waals surface area contributed by atoms with Crippen molar-refractivity contribution in [2.24, 2.45) is 7.05 Å². The molecule has 3 aromatic rings. The molecule has 1 atom stereocenters. The molecule has 2 aromatic carbocycles. The molecule has 0 N–H and O–H groups in total. The van der Waals surface area contributed by atoms with Gasteiger partial charge in [0.15, 0.2) is 17.1 Å². The summed E-state index contributed by atoms with van der Waals surface area (Å²) in [6.45, 7) is 3.76. The fourth-order valence-electron chi connectivity index (χ4n) is 2.78. The fraction of sp³-hybridized carbons (Fsp3) is 0.300. The van der Waals surface area contributed by atoms with Crippen molar-refractivity contribution < 1.29 is 17.9 Å². The number of rotatable bonds is 6. The standard InChI is InChI=1S/C20H19ClF3N3OS/c1-12-9-16(21)7-8-17(12)28-13(2)18-25-26-19(27(18)3)29-11-14-5-4-6-15(10-14)20(22,23)24/h4-10,13H,11H2,1-3H3/t13-/m1/s1. The SMILES string of the molecule is Cc1cc(Cl)ccc1O[C@H](C)c1nnc(SCc2cccc(C(F)(F)F)c2)n1C. The Hall–Kier alpha value is -2.19. The Kier molecular flexibility index (Phi) is 6.43. The summed E-state index contributed by atoms with van der Waals surface area (Å²) in [5.41, 5.74) is 0.815. The van der Waals surface area contributed by atoms with E-state index in [0.717, 1.165) is 17.7 Å². The summed E-state index contributed by atoms with van der Waals surface area (Å²) in [5, 5.41) is 9.57. The van der Waals surface area contributed by atoms with E-state index in [4.69, 9.17) is 16.3 Å². The van der Waals surface area contributed by atoms with E-state index in [1.165, 1.54) is 17.8 Å². The van der Waals surface area contributed by atoms with Crippen molar-refractivity contribution in [3.63, 3.8) is 0 Å². The van der Waals surface area contributed by atoms with E-state index in [9.17, 15) is 13.2 Å². The molecule has 0 aliphatic carbocycles. The number of halogens is 4. The van der Waals surface area contributed by atoms with Gasteiger partial charge in [-0.25, -0.2) is 0 Å². The minimum absolute atomic E-state index is 0.349. The maximum absolute atomic E-state index is 12.9. The van der Waals surface area contributed by atoms with E-state index >= 15 is 0 Å². The molecular formula is C20H19ClF3N3OS. The van der Waals surface area contributed by atoms with E-state index in [2.05, 4.69) is 10.2 Å². The van der Waals surface area contributed by atoms with Crippen LogP contribution in [0.5, 0.6) is 5.75 Å². The highest BCUT2D eigenvalue weighted by Gasteiger charge is 2.30. The number of thioether (sulfide) groups is 1. The minimum atomic E-state index is -4.36. The number of ether oxygens (including phenoxy) is 1. The molecule has 29 heavy (non-hydrogen) atoms. The third kappa shape index (κ3) is 5.25. The zero-order valence-corrected chi connectivity index (χ0v) is 17.6. The van der Waals surface area contributed by atoms with Gasteiger partial charge in [-0.2, -0.15) is 13.2 Å². The molecule has 154 valence electrons. The second kappa shape index (κ2) is 8.67. The van der Waals surface area contributed by atoms with E-state index in [1.807, 2.05) is 19.9 Å². The quantitative estimate of drug-likeness (QED) is 0.425. The smallest absolute Gasteiger partial charge is 0.416 e. The molecule has 0 saturated heterocycles. The highest BCUT2D eigenvalue weighted by Crippen LogP contribution is 2.32. The van der Waals surface area contributed by atoms with Gasteiger partial charge in [-0.05, 0) is 49.2 Å². The number of hydrogen-bond donors (Lipinski definition) is 0. The van der Waals surface area contributed by atoms with Gasteiger partial charge in [0, 0.05) is 17.8 Å². The van der Waals surface area contributed by atoms with Crippen LogP contribution in [0.2, 0.25) is 5.02 Å². The van der Waals surface area contributed by atoms with E-state index in [-0.39, 0.29) is 6.10 Å². The highest BCUT2D eigenvalue weighted by molar-refractivity contribution is 7.98. The molecule has 0 unspecified atom stereocenters. The van der Waals surface area contributed by atoms with Crippen LogP contribution in [0.4, 0.5) is 13.2 Å². The molecule has 0 saturated carbocycles. The lowest BCUT2D eigenvalue weighted by Gasteiger charge is -2.16. The van der Waals surface area contributed by atoms with E-state index < -0.39 is 11.7 Å². The molecule has 1 aromatic heterocycles. The van der Waals surface area contributed by atoms with Gasteiger partial charge in [0.25, 0.3) is 0 Å². The monoisotopic (exact) mass is 441 g/mol. The molecular weight excluding hydrogens is 423 g/mol. The van der Waals surface area contributed by atoms with Crippen molar-refractivity contribution in [2.75, 3.05) is 0 Å². The summed E-state index contributed by atoms with van der Waals surface area (Å²) in [6, 6.07) is 10.7. The molecule has 4 nitrogen and oxygen atoms in total. The zero-order chi connectivity index (χ0) is 21.2. The van der Waals surface area contributed by atoms with Crippen molar-refractivity contribution in [2.45, 2.75) is 37.0 Å². The first-order valence-electron chi connectivity index (χ1n) is 8.76. The molecule has 0 spiro atoms. The average molecular weight is 442 g/mol. The Morgan fingerprint density at radius 2 is 1.93 bits per heavy atom. The van der Waals surface area contributed by atoms with Crippen LogP contribution in [0, 0.1) is 6.92 Å². The molecule has 1 heterocycles. The van der Waals surface area contributed by atoms with Crippen LogP contribution in [0.3, 0.4) is 0 Å². The number of hydrogen-bond acceptors (Lipinski definition) is 4. The largest absolute Gasteiger partial charge is 0.482 e. The Balaban J connectivity index is 1.69. The zero-order valence-electron chi connectivity index (χ0n) is 16.0. The number of benzene rings is 2. The summed E-state index contributed by atoms with van der Waals surface area (Å²) in [5.74, 6) is 1.66. The number of nitrogens with zero attached hydrogens (tertiary/aromatic N) is 3. The lowest BCUT2D eigenvalue weighted by molar-refractivity contribution is -0.137. The van der Waals surface area contributed by atoms with Crippen LogP contribution in [0.1, 0.15) is 35.5 Å². The first kappa shape index (κ1) is 21.5. The Morgan fingerprint density at radius 1 is 1.17 bits per heavy atom. The van der Waals surface area contributed by atoms with Gasteiger partial charge in [-0.15, -0.1) is 10.2 Å². The second-order valence-electron chi connectivity index (χ2n) is 6.56. The predicted molar refractivity (Wildman–Crippen MR) is 107 cm³/mol. The van der Waals surface area contributed by atoms with Crippen molar-refractivity contribution in [1.82, 2.24) is 14.8 Å². The summed E-state index contributed by atoms with van der Waals surface area (Å²) in [6.07, 6.45) is -4.72. The van der Waals surface area contributed by atoms with Crippen LogP contribution in [-0.4, -0.2) is 14.8 Å². The Bertz CT molecular complexity index is 1010. The minimum Gasteiger partial charge on any atom is -0.482 e. The van der Waals surface area contributed by atoms with Gasteiger partial charge >= 0.3 is 6.18 Å². The second-order valence-corrected chi connectivity index (χ2v) is 7.94. The maximum atomic E-state index is 12.9. The maximum Gasteiger partial charge on any atom is 0.416 e. The Labute approximate surface area is 176 Å². The summed E-state index contributed by atoms with van der Waals surface area (Å²) in [4.78, 5) is 0. The third-order valence-corrected chi connectivity index (χ3v) is 5.62. The van der Waals surface area contributed by atoms with E-state index in [0.29, 0.717) is 33.1 Å². The average Bonchev–Trinajstić information content (AvgIpc) is 3.02. The number of alkyl halides is 3. The first-order chi connectivity index (χ1) is 13.6. The number of aromatic nitrogens is 3. The lowest BCUT2D eigenvalue weighted by atomic mass is 10.1. The molecule has 0 radical (unpaired) electrons. The van der Waals surface area contributed by atoms with Crippen molar-refractivity contribution >= 4 is 23.4 Å². The van der Waals surface area contributed by atoms with Crippen LogP contribution >= 0.6 is 23.4 Å². The van der Waals surface area contributed by atoms with Gasteiger partial charge in [0.2, 0.25) is 0 Å². The van der Waals surface area contributed by atoms with Gasteiger partial charge in [-0.1, -0.05) is 41.6 Å². The van der Waals surface area contributed by atoms with Crippen LogP contribution in [0.15, 0.2) is 47.6 Å². The van der Waals surface area contributed by atoms with Crippen LogP contribution in [0.25, 0.3) is 0 Å². The summed E-state index contributed by atoms with van der Waals surface area (Å²) < 4.78 is 46.4. The molecule has 0 aliphatic rings. The van der Waals surface area contributed by atoms with Gasteiger partial charge in [-0.3, -0.25) is 0 Å². The molecule has 0 bridgehead atoms. The van der Waals surface area contributed by atoms with E-state index in [1.54, 1.807) is 29.8 Å². The normalized spacial score (nSPS) is 12.8. The van der Waals surface area contributed by atoms with Gasteiger partial charge in [0.1, 0.15) is 5.75 Å². The summed E-state index contributed by atoms with van der Waals surface area (Å²) >= 11 is 7.29. The Morgan fingerprint density at radius 3 is 2.62 bits per heavy atom. The topological polar surface area (TPSA) is 39.9 Å². The lowest BCUT2D eigenvalue weighted by Crippen LogP contribution is -2.10. The first-order valence-corrected chi connectivity index (χ1v) is 10.1. The van der Waals surface area contributed by atoms with Crippen LogP contribution in [-0.2, 0) is 19.0 Å². The third-order valence-electron chi connectivity index (χ3n) is 4.30. The number of aryl methyl sites for hydroxylation is 1. The molecule has 0 amide bonds. The molecule has 9 heteroatoms. The van der Waals surface area contributed by atoms with Crippen LogP contribution < -0.4 is 4.74 Å². The van der Waals surface area contributed by atoms with Crippen molar-refractivity contribution in [3.05, 3.63) is 70.0 Å². The van der Waals surface area contributed by atoms with Crippen molar-refractivity contribution in [3.8, 4) is 5.75 Å².